The number of aryl methyl sites for hydroxylation is 1. The average Bonchev–Trinajstić information content (AvgIpc) is 2.25. The number of halogens is 1. The van der Waals surface area contributed by atoms with Gasteiger partial charge in [0.05, 0.1) is 0 Å². The fourth-order valence-electron chi connectivity index (χ4n) is 1.18. The second-order valence-corrected chi connectivity index (χ2v) is 4.10. The zero-order valence-electron chi connectivity index (χ0n) is 8.00. The fraction of sp³-hybridized carbons (Fsp3) is 0.364. The van der Waals surface area contributed by atoms with Gasteiger partial charge >= 0.3 is 0 Å². The van der Waals surface area contributed by atoms with Crippen LogP contribution in [0.25, 0.3) is 0 Å². The molecule has 1 amide bonds. The lowest BCUT2D eigenvalue weighted by atomic mass is 10.1. The lowest BCUT2D eigenvalue weighted by Crippen LogP contribution is -2.25. The van der Waals surface area contributed by atoms with Crippen molar-refractivity contribution >= 4 is 28.5 Å². The van der Waals surface area contributed by atoms with Gasteiger partial charge < -0.3 is 5.32 Å². The van der Waals surface area contributed by atoms with Crippen LogP contribution in [-0.4, -0.2) is 16.9 Å². The third-order valence-corrected chi connectivity index (χ3v) is 2.44. The molecule has 1 N–H and O–H groups in total. The quantitative estimate of drug-likeness (QED) is 0.655. The van der Waals surface area contributed by atoms with Gasteiger partial charge in [-0.05, 0) is 12.0 Å². The van der Waals surface area contributed by atoms with Gasteiger partial charge in [-0.2, -0.15) is 0 Å². The number of benzene rings is 1. The highest BCUT2D eigenvalue weighted by Gasteiger charge is 2.00. The second kappa shape index (κ2) is 6.81. The van der Waals surface area contributed by atoms with Gasteiger partial charge in [0, 0.05) is 17.4 Å². The average molecular weight is 303 g/mol. The first-order valence-electron chi connectivity index (χ1n) is 4.69. The summed E-state index contributed by atoms with van der Waals surface area (Å²) in [6.07, 6.45) is 1.41. The molecule has 0 aliphatic rings. The SMILES string of the molecule is O=C(CCc1ccccc1)NCCI. The second-order valence-electron chi connectivity index (χ2n) is 3.02. The maximum atomic E-state index is 11.3. The highest BCUT2D eigenvalue weighted by Crippen LogP contribution is 2.01. The molecule has 0 bridgehead atoms. The monoisotopic (exact) mass is 303 g/mol. The van der Waals surface area contributed by atoms with Gasteiger partial charge in [0.25, 0.3) is 0 Å². The predicted octanol–water partition coefficient (Wildman–Crippen LogP) is 2.17. The lowest BCUT2D eigenvalue weighted by Gasteiger charge is -2.02. The van der Waals surface area contributed by atoms with E-state index in [9.17, 15) is 4.79 Å². The molecule has 14 heavy (non-hydrogen) atoms. The van der Waals surface area contributed by atoms with Gasteiger partial charge in [-0.15, -0.1) is 0 Å². The van der Waals surface area contributed by atoms with Crippen LogP contribution in [0.5, 0.6) is 0 Å². The van der Waals surface area contributed by atoms with Crippen molar-refractivity contribution in [3.8, 4) is 0 Å². The minimum absolute atomic E-state index is 0.144. The molecule has 0 heterocycles. The first-order valence-corrected chi connectivity index (χ1v) is 6.22. The number of rotatable bonds is 5. The van der Waals surface area contributed by atoms with Crippen LogP contribution in [-0.2, 0) is 11.2 Å². The van der Waals surface area contributed by atoms with Crippen LogP contribution in [0, 0.1) is 0 Å². The maximum absolute atomic E-state index is 11.3. The third-order valence-electron chi connectivity index (χ3n) is 1.90. The van der Waals surface area contributed by atoms with Crippen LogP contribution in [0.3, 0.4) is 0 Å². The van der Waals surface area contributed by atoms with Gasteiger partial charge in [-0.1, -0.05) is 52.9 Å². The Bertz CT molecular complexity index is 274. The van der Waals surface area contributed by atoms with Crippen molar-refractivity contribution in [2.75, 3.05) is 11.0 Å². The van der Waals surface area contributed by atoms with Crippen LogP contribution in [0.2, 0.25) is 0 Å². The first-order chi connectivity index (χ1) is 6.83. The highest BCUT2D eigenvalue weighted by atomic mass is 127. The Labute approximate surface area is 98.2 Å². The van der Waals surface area contributed by atoms with Crippen molar-refractivity contribution in [1.82, 2.24) is 5.32 Å². The molecule has 0 saturated heterocycles. The Balaban J connectivity index is 2.24. The lowest BCUT2D eigenvalue weighted by molar-refractivity contribution is -0.120. The molecular formula is C11H14INO. The van der Waals surface area contributed by atoms with Gasteiger partial charge in [0.1, 0.15) is 0 Å². The minimum atomic E-state index is 0.144. The number of alkyl halides is 1. The molecule has 0 fully saturated rings. The summed E-state index contributed by atoms with van der Waals surface area (Å²) < 4.78 is 0.967. The van der Waals surface area contributed by atoms with E-state index in [-0.39, 0.29) is 5.91 Å². The zero-order chi connectivity index (χ0) is 10.2. The largest absolute Gasteiger partial charge is 0.355 e. The summed E-state index contributed by atoms with van der Waals surface area (Å²) in [5, 5.41) is 2.86. The summed E-state index contributed by atoms with van der Waals surface area (Å²) in [6, 6.07) is 10.1. The number of nitrogens with one attached hydrogen (secondary N) is 1. The molecule has 0 atom stereocenters. The Morgan fingerprint density at radius 3 is 2.64 bits per heavy atom. The van der Waals surface area contributed by atoms with E-state index in [1.807, 2.05) is 30.3 Å². The fourth-order valence-corrected chi connectivity index (χ4v) is 1.45. The van der Waals surface area contributed by atoms with E-state index >= 15 is 0 Å². The molecule has 76 valence electrons. The van der Waals surface area contributed by atoms with Gasteiger partial charge in [-0.25, -0.2) is 0 Å². The van der Waals surface area contributed by atoms with E-state index in [0.29, 0.717) is 6.42 Å². The molecule has 3 heteroatoms. The topological polar surface area (TPSA) is 29.1 Å². The Kier molecular flexibility index (Phi) is 5.59. The van der Waals surface area contributed by atoms with E-state index in [2.05, 4.69) is 27.9 Å². The summed E-state index contributed by atoms with van der Waals surface area (Å²) in [7, 11) is 0. The molecule has 0 unspecified atom stereocenters. The summed E-state index contributed by atoms with van der Waals surface area (Å²) in [5.74, 6) is 0.144. The molecule has 1 rings (SSSR count). The van der Waals surface area contributed by atoms with E-state index in [1.54, 1.807) is 0 Å². The molecule has 0 aromatic heterocycles. The smallest absolute Gasteiger partial charge is 0.220 e. The van der Waals surface area contributed by atoms with E-state index in [0.717, 1.165) is 17.4 Å². The van der Waals surface area contributed by atoms with Crippen LogP contribution in [0.1, 0.15) is 12.0 Å². The normalized spacial score (nSPS) is 9.79. The molecule has 1 aromatic rings. The predicted molar refractivity (Wildman–Crippen MR) is 66.7 cm³/mol. The van der Waals surface area contributed by atoms with Crippen molar-refractivity contribution < 1.29 is 4.79 Å². The highest BCUT2D eigenvalue weighted by molar-refractivity contribution is 14.1. The van der Waals surface area contributed by atoms with Crippen LogP contribution < -0.4 is 5.32 Å². The van der Waals surface area contributed by atoms with Crippen LogP contribution in [0.4, 0.5) is 0 Å². The summed E-state index contributed by atoms with van der Waals surface area (Å²) in [4.78, 5) is 11.3. The van der Waals surface area contributed by atoms with Crippen molar-refractivity contribution in [2.24, 2.45) is 0 Å². The molecule has 0 spiro atoms. The summed E-state index contributed by atoms with van der Waals surface area (Å²) >= 11 is 2.25. The summed E-state index contributed by atoms with van der Waals surface area (Å²) in [5.41, 5.74) is 1.22. The van der Waals surface area contributed by atoms with Gasteiger partial charge in [-0.3, -0.25) is 4.79 Å². The number of carbonyl (C=O) groups is 1. The number of carbonyl (C=O) groups excluding carboxylic acids is 1. The molecule has 0 aliphatic heterocycles. The van der Waals surface area contributed by atoms with Crippen molar-refractivity contribution in [1.29, 1.82) is 0 Å². The molecule has 2 nitrogen and oxygen atoms in total. The van der Waals surface area contributed by atoms with E-state index in [1.165, 1.54) is 5.56 Å². The van der Waals surface area contributed by atoms with Crippen molar-refractivity contribution in [3.05, 3.63) is 35.9 Å². The molecule has 0 aliphatic carbocycles. The van der Waals surface area contributed by atoms with Crippen LogP contribution in [0.15, 0.2) is 30.3 Å². The van der Waals surface area contributed by atoms with Gasteiger partial charge in [0.2, 0.25) is 5.91 Å². The minimum Gasteiger partial charge on any atom is -0.355 e. The van der Waals surface area contributed by atoms with Crippen molar-refractivity contribution in [3.63, 3.8) is 0 Å². The number of hydrogen-bond donors (Lipinski definition) is 1. The maximum Gasteiger partial charge on any atom is 0.220 e. The first kappa shape index (κ1) is 11.5. The Morgan fingerprint density at radius 2 is 2.00 bits per heavy atom. The molecular weight excluding hydrogens is 289 g/mol. The van der Waals surface area contributed by atoms with E-state index in [4.69, 9.17) is 0 Å². The molecule has 1 aromatic carbocycles. The zero-order valence-corrected chi connectivity index (χ0v) is 10.2. The summed E-state index contributed by atoms with van der Waals surface area (Å²) in [6.45, 7) is 0.772. The van der Waals surface area contributed by atoms with Crippen LogP contribution >= 0.6 is 22.6 Å². The van der Waals surface area contributed by atoms with Gasteiger partial charge in [0.15, 0.2) is 0 Å². The van der Waals surface area contributed by atoms with Crippen molar-refractivity contribution in [2.45, 2.75) is 12.8 Å². The Hall–Kier alpha value is -0.580. The number of hydrogen-bond acceptors (Lipinski definition) is 1. The standard InChI is InChI=1S/C11H14INO/c12-8-9-13-11(14)7-6-10-4-2-1-3-5-10/h1-5H,6-9H2,(H,13,14). The molecule has 0 radical (unpaired) electrons. The third kappa shape index (κ3) is 4.60. The molecule has 0 saturated carbocycles. The number of amides is 1. The Morgan fingerprint density at radius 1 is 1.29 bits per heavy atom. The van der Waals surface area contributed by atoms with E-state index < -0.39 is 0 Å².